The molecular formula is C27H35ClF3NO3. The van der Waals surface area contributed by atoms with Crippen LogP contribution in [0, 0.1) is 17.8 Å². The molecular weight excluding hydrogens is 479 g/mol. The monoisotopic (exact) mass is 513 g/mol. The Morgan fingerprint density at radius 2 is 1.86 bits per heavy atom. The van der Waals surface area contributed by atoms with Crippen molar-refractivity contribution in [3.63, 3.8) is 0 Å². The van der Waals surface area contributed by atoms with E-state index in [2.05, 4.69) is 5.32 Å². The number of ether oxygens (including phenoxy) is 1. The van der Waals surface area contributed by atoms with E-state index in [4.69, 9.17) is 16.3 Å². The number of amides is 1. The third-order valence-corrected chi connectivity index (χ3v) is 6.48. The van der Waals surface area contributed by atoms with Crippen LogP contribution in [0.5, 0.6) is 0 Å². The standard InChI is InChI=1S/C27H35ClF3NO3/c1-7-18-8-10-19(11-9-18)24(17(3)27(29,30)31)25(34)32-22-15-20(12-13-21(22)28)16(2)14-23(33)35-26(4,5)6/h8-10,12-13,15-17,19,24H,7,11,14H2,1-6H3,(H,32,34)/t16?,17-,19?,24+/m1/s1. The highest BCUT2D eigenvalue weighted by Gasteiger charge is 2.47. The average Bonchev–Trinajstić information content (AvgIpc) is 2.73. The number of carbonyl (C=O) groups is 2. The van der Waals surface area contributed by atoms with Gasteiger partial charge in [-0.1, -0.05) is 62.2 Å². The van der Waals surface area contributed by atoms with E-state index in [1.807, 2.05) is 19.9 Å². The van der Waals surface area contributed by atoms with Crippen molar-refractivity contribution in [2.45, 2.75) is 78.5 Å². The molecule has 0 saturated heterocycles. The topological polar surface area (TPSA) is 55.4 Å². The van der Waals surface area contributed by atoms with Crippen LogP contribution in [-0.2, 0) is 14.3 Å². The van der Waals surface area contributed by atoms with Crippen LogP contribution in [0.3, 0.4) is 0 Å². The molecule has 1 aromatic carbocycles. The number of benzene rings is 1. The summed E-state index contributed by atoms with van der Waals surface area (Å²) >= 11 is 6.28. The predicted octanol–water partition coefficient (Wildman–Crippen LogP) is 7.84. The Labute approximate surface area is 210 Å². The Morgan fingerprint density at radius 1 is 1.20 bits per heavy atom. The van der Waals surface area contributed by atoms with Gasteiger partial charge in [-0.2, -0.15) is 13.2 Å². The van der Waals surface area contributed by atoms with E-state index in [0.29, 0.717) is 12.0 Å². The fourth-order valence-electron chi connectivity index (χ4n) is 4.12. The van der Waals surface area contributed by atoms with Gasteiger partial charge in [-0.05, 0) is 63.1 Å². The van der Waals surface area contributed by atoms with Gasteiger partial charge in [-0.15, -0.1) is 0 Å². The predicted molar refractivity (Wildman–Crippen MR) is 133 cm³/mol. The number of esters is 1. The maximum absolute atomic E-state index is 13.7. The lowest BCUT2D eigenvalue weighted by atomic mass is 9.77. The van der Waals surface area contributed by atoms with E-state index in [-0.39, 0.29) is 29.0 Å². The normalized spacial score (nSPS) is 18.9. The zero-order valence-electron chi connectivity index (χ0n) is 21.1. The molecule has 194 valence electrons. The number of carbonyl (C=O) groups excluding carboxylic acids is 2. The molecule has 0 radical (unpaired) electrons. The molecule has 0 saturated carbocycles. The van der Waals surface area contributed by atoms with E-state index in [9.17, 15) is 22.8 Å². The molecule has 35 heavy (non-hydrogen) atoms. The molecule has 1 amide bonds. The number of rotatable bonds is 8. The number of hydrogen-bond acceptors (Lipinski definition) is 3. The zero-order chi connectivity index (χ0) is 26.6. The van der Waals surface area contributed by atoms with Gasteiger partial charge in [0.05, 0.1) is 29.0 Å². The number of allylic oxidation sites excluding steroid dienone is 4. The Balaban J connectivity index is 2.25. The summed E-state index contributed by atoms with van der Waals surface area (Å²) in [7, 11) is 0. The minimum Gasteiger partial charge on any atom is -0.460 e. The summed E-state index contributed by atoms with van der Waals surface area (Å²) in [5.74, 6) is -5.11. The van der Waals surface area contributed by atoms with Crippen LogP contribution in [0.4, 0.5) is 18.9 Å². The van der Waals surface area contributed by atoms with Gasteiger partial charge in [0.15, 0.2) is 0 Å². The molecule has 1 aromatic rings. The molecule has 0 fully saturated rings. The van der Waals surface area contributed by atoms with Crippen molar-refractivity contribution in [3.8, 4) is 0 Å². The van der Waals surface area contributed by atoms with Gasteiger partial charge >= 0.3 is 12.1 Å². The molecule has 2 unspecified atom stereocenters. The van der Waals surface area contributed by atoms with Gasteiger partial charge < -0.3 is 10.1 Å². The van der Waals surface area contributed by atoms with Gasteiger partial charge in [0.1, 0.15) is 5.60 Å². The van der Waals surface area contributed by atoms with Crippen LogP contribution in [0.1, 0.15) is 72.3 Å². The summed E-state index contributed by atoms with van der Waals surface area (Å²) in [5, 5.41) is 2.84. The highest BCUT2D eigenvalue weighted by molar-refractivity contribution is 6.33. The van der Waals surface area contributed by atoms with Crippen molar-refractivity contribution in [2.24, 2.45) is 17.8 Å². The average molecular weight is 514 g/mol. The molecule has 2 rings (SSSR count). The number of alkyl halides is 3. The first-order valence-electron chi connectivity index (χ1n) is 11.9. The van der Waals surface area contributed by atoms with Gasteiger partial charge in [-0.3, -0.25) is 9.59 Å². The third kappa shape index (κ3) is 8.41. The van der Waals surface area contributed by atoms with Gasteiger partial charge in [0.2, 0.25) is 5.91 Å². The van der Waals surface area contributed by atoms with Crippen molar-refractivity contribution in [1.82, 2.24) is 0 Å². The van der Waals surface area contributed by atoms with Crippen LogP contribution in [0.25, 0.3) is 0 Å². The minimum atomic E-state index is -4.53. The molecule has 4 nitrogen and oxygen atoms in total. The minimum absolute atomic E-state index is 0.110. The van der Waals surface area contributed by atoms with Crippen molar-refractivity contribution in [2.75, 3.05) is 5.32 Å². The molecule has 1 aliphatic carbocycles. The van der Waals surface area contributed by atoms with Crippen LogP contribution < -0.4 is 5.32 Å². The third-order valence-electron chi connectivity index (χ3n) is 6.15. The van der Waals surface area contributed by atoms with Gasteiger partial charge in [0.25, 0.3) is 0 Å². The summed E-state index contributed by atoms with van der Waals surface area (Å²) in [6, 6.07) is 4.90. The second-order valence-corrected chi connectivity index (χ2v) is 10.6. The first-order chi connectivity index (χ1) is 16.1. The molecule has 0 bridgehead atoms. The maximum atomic E-state index is 13.7. The van der Waals surface area contributed by atoms with Crippen molar-refractivity contribution < 1.29 is 27.5 Å². The summed E-state index contributed by atoms with van der Waals surface area (Å²) in [6.07, 6.45) is 2.10. The number of halogens is 4. The summed E-state index contributed by atoms with van der Waals surface area (Å²) in [5.41, 5.74) is 1.36. The zero-order valence-corrected chi connectivity index (χ0v) is 21.9. The Morgan fingerprint density at radius 3 is 2.37 bits per heavy atom. The van der Waals surface area contributed by atoms with E-state index >= 15 is 0 Å². The van der Waals surface area contributed by atoms with Crippen LogP contribution in [0.2, 0.25) is 5.02 Å². The molecule has 0 aliphatic heterocycles. The Bertz CT molecular complexity index is 979. The SMILES string of the molecule is CCC1=CCC([C@@H](C(=O)Nc2cc(C(C)CC(=O)OC(C)(C)C)ccc2Cl)[C@@H](C)C(F)(F)F)C=C1. The maximum Gasteiger partial charge on any atom is 0.392 e. The van der Waals surface area contributed by atoms with E-state index < -0.39 is 35.4 Å². The van der Waals surface area contributed by atoms with Crippen LogP contribution in [0.15, 0.2) is 42.0 Å². The molecule has 8 heteroatoms. The number of hydrogen-bond donors (Lipinski definition) is 1. The fraction of sp³-hybridized carbons (Fsp3) is 0.556. The lowest BCUT2D eigenvalue weighted by Gasteiger charge is -2.31. The summed E-state index contributed by atoms with van der Waals surface area (Å²) in [4.78, 5) is 25.4. The molecule has 0 spiro atoms. The molecule has 4 atom stereocenters. The second kappa shape index (κ2) is 11.6. The largest absolute Gasteiger partial charge is 0.460 e. The summed E-state index contributed by atoms with van der Waals surface area (Å²) in [6.45, 7) is 10.2. The smallest absolute Gasteiger partial charge is 0.392 e. The van der Waals surface area contributed by atoms with E-state index in [1.165, 1.54) is 0 Å². The van der Waals surface area contributed by atoms with Crippen molar-refractivity contribution in [3.05, 3.63) is 52.6 Å². The first kappa shape index (κ1) is 29.0. The van der Waals surface area contributed by atoms with Crippen LogP contribution in [-0.4, -0.2) is 23.7 Å². The Hall–Kier alpha value is -2.28. The number of nitrogens with one attached hydrogen (secondary N) is 1. The number of anilines is 1. The Kier molecular flexibility index (Phi) is 9.63. The van der Waals surface area contributed by atoms with Gasteiger partial charge in [0, 0.05) is 0 Å². The van der Waals surface area contributed by atoms with E-state index in [1.54, 1.807) is 51.1 Å². The highest BCUT2D eigenvalue weighted by Crippen LogP contribution is 2.40. The van der Waals surface area contributed by atoms with Crippen molar-refractivity contribution >= 4 is 29.2 Å². The lowest BCUT2D eigenvalue weighted by molar-refractivity contribution is -0.188. The highest BCUT2D eigenvalue weighted by atomic mass is 35.5. The first-order valence-corrected chi connectivity index (χ1v) is 12.3. The van der Waals surface area contributed by atoms with E-state index in [0.717, 1.165) is 18.9 Å². The van der Waals surface area contributed by atoms with Crippen molar-refractivity contribution in [1.29, 1.82) is 0 Å². The molecule has 1 aliphatic rings. The summed E-state index contributed by atoms with van der Waals surface area (Å²) < 4.78 is 46.5. The lowest BCUT2D eigenvalue weighted by Crippen LogP contribution is -2.40. The van der Waals surface area contributed by atoms with Gasteiger partial charge in [-0.25, -0.2) is 0 Å². The molecule has 1 N–H and O–H groups in total. The second-order valence-electron chi connectivity index (χ2n) is 10.2. The fourth-order valence-corrected chi connectivity index (χ4v) is 4.28. The molecule has 0 aromatic heterocycles. The quantitative estimate of drug-likeness (QED) is 0.360. The molecule has 0 heterocycles. The van der Waals surface area contributed by atoms with Crippen LogP contribution >= 0.6 is 11.6 Å².